The molecule has 220 valence electrons. The summed E-state index contributed by atoms with van der Waals surface area (Å²) < 4.78 is 16.4. The second kappa shape index (κ2) is 10.4. The summed E-state index contributed by atoms with van der Waals surface area (Å²) >= 11 is 0. The Bertz CT molecular complexity index is 1870. The molecule has 4 atom stereocenters. The van der Waals surface area contributed by atoms with Gasteiger partial charge in [0.2, 0.25) is 5.91 Å². The first kappa shape index (κ1) is 27.5. The van der Waals surface area contributed by atoms with Crippen LogP contribution in [0.1, 0.15) is 43.4 Å². The standard InChI is InChI=1S/C36H30N2O6/c1-42-24-11-8-10-22(19-24)32(39)30-31(33(40)23-15-16-28(43-2)29(20-23)44-3)38-18-17-21-9-4-5-12-25(21)34(38)36(30)26-13-6-7-14-27(26)37-35(36)41/h4-20,30-31,34H,1-3H3,(H,37,41)/t30-,31+,34-,36+/m0/s1. The van der Waals surface area contributed by atoms with Gasteiger partial charge in [0.15, 0.2) is 23.1 Å². The minimum absolute atomic E-state index is 0.310. The number of amides is 1. The highest BCUT2D eigenvalue weighted by Gasteiger charge is 2.70. The summed E-state index contributed by atoms with van der Waals surface area (Å²) in [4.78, 5) is 46.3. The van der Waals surface area contributed by atoms with E-state index in [1.54, 1.807) is 42.5 Å². The fourth-order valence-electron chi connectivity index (χ4n) is 7.28. The number of nitrogens with zero attached hydrogens (tertiary/aromatic N) is 1. The number of benzene rings is 4. The van der Waals surface area contributed by atoms with Gasteiger partial charge in [-0.1, -0.05) is 54.6 Å². The van der Waals surface area contributed by atoms with Crippen molar-refractivity contribution >= 4 is 29.2 Å². The zero-order valence-electron chi connectivity index (χ0n) is 24.4. The molecule has 1 saturated heterocycles. The molecule has 0 unspecified atom stereocenters. The Morgan fingerprint density at radius 1 is 0.773 bits per heavy atom. The molecule has 8 nitrogen and oxygen atoms in total. The number of para-hydroxylation sites is 1. The lowest BCUT2D eigenvalue weighted by Crippen LogP contribution is -2.49. The van der Waals surface area contributed by atoms with Crippen molar-refractivity contribution in [3.8, 4) is 17.2 Å². The number of Topliss-reactive ketones (excluding diaryl/α,β-unsaturated/α-hetero) is 2. The number of nitrogens with one attached hydrogen (secondary N) is 1. The van der Waals surface area contributed by atoms with Crippen molar-refractivity contribution in [3.05, 3.63) is 125 Å². The lowest BCUT2D eigenvalue weighted by atomic mass is 9.62. The van der Waals surface area contributed by atoms with Crippen LogP contribution in [-0.2, 0) is 10.2 Å². The van der Waals surface area contributed by atoms with Crippen LogP contribution >= 0.6 is 0 Å². The van der Waals surface area contributed by atoms with Gasteiger partial charge in [-0.3, -0.25) is 14.4 Å². The van der Waals surface area contributed by atoms with Crippen LogP contribution in [0.5, 0.6) is 17.2 Å². The van der Waals surface area contributed by atoms with Crippen LogP contribution in [0.3, 0.4) is 0 Å². The molecule has 0 bridgehead atoms. The van der Waals surface area contributed by atoms with Crippen LogP contribution < -0.4 is 19.5 Å². The van der Waals surface area contributed by atoms with Crippen molar-refractivity contribution < 1.29 is 28.6 Å². The molecular weight excluding hydrogens is 556 g/mol. The van der Waals surface area contributed by atoms with E-state index in [2.05, 4.69) is 5.32 Å². The quantitative estimate of drug-likeness (QED) is 0.278. The zero-order chi connectivity index (χ0) is 30.6. The van der Waals surface area contributed by atoms with Gasteiger partial charge in [-0.15, -0.1) is 0 Å². The summed E-state index contributed by atoms with van der Waals surface area (Å²) in [5.41, 5.74) is 2.39. The van der Waals surface area contributed by atoms with E-state index in [4.69, 9.17) is 14.2 Å². The van der Waals surface area contributed by atoms with Gasteiger partial charge >= 0.3 is 0 Å². The van der Waals surface area contributed by atoms with E-state index >= 15 is 0 Å². The zero-order valence-corrected chi connectivity index (χ0v) is 24.4. The molecule has 44 heavy (non-hydrogen) atoms. The minimum Gasteiger partial charge on any atom is -0.497 e. The van der Waals surface area contributed by atoms with Crippen molar-refractivity contribution in [2.75, 3.05) is 26.6 Å². The van der Waals surface area contributed by atoms with Crippen LogP contribution in [0.25, 0.3) is 6.08 Å². The molecule has 0 aromatic heterocycles. The summed E-state index contributed by atoms with van der Waals surface area (Å²) in [7, 11) is 4.57. The van der Waals surface area contributed by atoms with Crippen LogP contribution in [-0.4, -0.2) is 49.7 Å². The highest BCUT2D eigenvalue weighted by molar-refractivity contribution is 6.16. The Hall–Kier alpha value is -5.37. The predicted molar refractivity (Wildman–Crippen MR) is 165 cm³/mol. The molecule has 0 aliphatic carbocycles. The average Bonchev–Trinajstić information content (AvgIpc) is 3.55. The molecule has 4 aromatic rings. The molecule has 0 radical (unpaired) electrons. The summed E-state index contributed by atoms with van der Waals surface area (Å²) in [5, 5.41) is 3.07. The topological polar surface area (TPSA) is 94.2 Å². The van der Waals surface area contributed by atoms with Crippen molar-refractivity contribution in [1.29, 1.82) is 0 Å². The number of ketones is 2. The number of rotatable bonds is 7. The molecule has 1 amide bonds. The molecule has 1 N–H and O–H groups in total. The molecule has 3 aliphatic heterocycles. The largest absolute Gasteiger partial charge is 0.497 e. The first-order valence-corrected chi connectivity index (χ1v) is 14.3. The number of carbonyl (C=O) groups is 3. The van der Waals surface area contributed by atoms with Crippen LogP contribution in [0, 0.1) is 5.92 Å². The lowest BCUT2D eigenvalue weighted by Gasteiger charge is -2.38. The monoisotopic (exact) mass is 586 g/mol. The Morgan fingerprint density at radius 3 is 2.32 bits per heavy atom. The van der Waals surface area contributed by atoms with Gasteiger partial charge in [0.25, 0.3) is 0 Å². The first-order valence-electron chi connectivity index (χ1n) is 14.3. The van der Waals surface area contributed by atoms with Crippen LogP contribution in [0.4, 0.5) is 5.69 Å². The Labute approximate surface area is 254 Å². The first-order chi connectivity index (χ1) is 21.4. The fourth-order valence-corrected chi connectivity index (χ4v) is 7.28. The van der Waals surface area contributed by atoms with Gasteiger partial charge < -0.3 is 24.4 Å². The number of anilines is 1. The van der Waals surface area contributed by atoms with Crippen molar-refractivity contribution in [3.63, 3.8) is 0 Å². The Morgan fingerprint density at radius 2 is 1.52 bits per heavy atom. The van der Waals surface area contributed by atoms with Gasteiger partial charge in [0.05, 0.1) is 33.3 Å². The SMILES string of the molecule is COc1cccc(C(=O)[C@@H]2[C@H](C(=O)c3ccc(OC)c(OC)c3)N3C=Cc4ccccc4[C@H]3[C@]23C(=O)Nc2ccccc23)c1. The molecule has 1 spiro atoms. The number of fused-ring (bicyclic) bond motifs is 6. The molecule has 3 heterocycles. The second-order valence-corrected chi connectivity index (χ2v) is 11.1. The van der Waals surface area contributed by atoms with Crippen LogP contribution in [0.2, 0.25) is 0 Å². The smallest absolute Gasteiger partial charge is 0.238 e. The van der Waals surface area contributed by atoms with E-state index in [0.717, 1.165) is 11.1 Å². The van der Waals surface area contributed by atoms with Crippen molar-refractivity contribution in [2.45, 2.75) is 17.5 Å². The molecule has 8 heteroatoms. The van der Waals surface area contributed by atoms with Gasteiger partial charge in [-0.05, 0) is 59.2 Å². The minimum atomic E-state index is -1.42. The third-order valence-electron chi connectivity index (χ3n) is 9.14. The van der Waals surface area contributed by atoms with E-state index in [9.17, 15) is 14.4 Å². The second-order valence-electron chi connectivity index (χ2n) is 11.1. The third-order valence-corrected chi connectivity index (χ3v) is 9.14. The number of methoxy groups -OCH3 is 3. The Balaban J connectivity index is 1.52. The average molecular weight is 587 g/mol. The number of hydrogen-bond acceptors (Lipinski definition) is 7. The lowest BCUT2D eigenvalue weighted by molar-refractivity contribution is -0.122. The molecule has 0 saturated carbocycles. The normalized spacial score (nSPS) is 22.6. The highest BCUT2D eigenvalue weighted by Crippen LogP contribution is 2.62. The molecule has 3 aliphatic rings. The van der Waals surface area contributed by atoms with E-state index in [-0.39, 0.29) is 17.5 Å². The molecule has 1 fully saturated rings. The summed E-state index contributed by atoms with van der Waals surface area (Å²) in [6.45, 7) is 0. The van der Waals surface area contributed by atoms with Gasteiger partial charge in [0.1, 0.15) is 17.2 Å². The van der Waals surface area contributed by atoms with E-state index in [1.807, 2.05) is 65.7 Å². The number of ether oxygens (including phenoxy) is 3. The number of carbonyl (C=O) groups excluding carboxylic acids is 3. The van der Waals surface area contributed by atoms with E-state index in [1.165, 1.54) is 21.3 Å². The summed E-state index contributed by atoms with van der Waals surface area (Å²) in [5.74, 6) is -0.677. The van der Waals surface area contributed by atoms with Gasteiger partial charge in [-0.2, -0.15) is 0 Å². The fraction of sp³-hybridized carbons (Fsp3) is 0.194. The highest BCUT2D eigenvalue weighted by atomic mass is 16.5. The van der Waals surface area contributed by atoms with E-state index < -0.39 is 23.4 Å². The Kier molecular flexibility index (Phi) is 6.50. The summed E-state index contributed by atoms with van der Waals surface area (Å²) in [6.07, 6.45) is 3.79. The maximum atomic E-state index is 15.0. The van der Waals surface area contributed by atoms with E-state index in [0.29, 0.717) is 39.6 Å². The van der Waals surface area contributed by atoms with Gasteiger partial charge in [0, 0.05) is 23.0 Å². The summed E-state index contributed by atoms with van der Waals surface area (Å²) in [6, 6.07) is 25.4. The number of hydrogen-bond donors (Lipinski definition) is 1. The predicted octanol–water partition coefficient (Wildman–Crippen LogP) is 5.69. The van der Waals surface area contributed by atoms with Crippen molar-refractivity contribution in [2.24, 2.45) is 5.92 Å². The third kappa shape index (κ3) is 3.80. The van der Waals surface area contributed by atoms with Crippen molar-refractivity contribution in [1.82, 2.24) is 4.90 Å². The maximum Gasteiger partial charge on any atom is 0.238 e. The molecular formula is C36H30N2O6. The van der Waals surface area contributed by atoms with Crippen LogP contribution in [0.15, 0.2) is 97.2 Å². The van der Waals surface area contributed by atoms with Gasteiger partial charge in [-0.25, -0.2) is 0 Å². The molecule has 4 aromatic carbocycles. The molecule has 7 rings (SSSR count). The maximum absolute atomic E-state index is 15.0.